The summed E-state index contributed by atoms with van der Waals surface area (Å²) in [6, 6.07) is 3.88. The summed E-state index contributed by atoms with van der Waals surface area (Å²) in [5.74, 6) is 0.485. The van der Waals surface area contributed by atoms with E-state index < -0.39 is 0 Å². The average molecular weight is 382 g/mol. The number of carbonyl (C=O) groups is 2. The van der Waals surface area contributed by atoms with E-state index in [1.807, 2.05) is 42.9 Å². The molecule has 2 heterocycles. The van der Waals surface area contributed by atoms with Crippen molar-refractivity contribution in [2.45, 2.75) is 50.9 Å². The van der Waals surface area contributed by atoms with Gasteiger partial charge in [-0.05, 0) is 31.7 Å². The number of rotatable bonds is 9. The number of hydrogen-bond acceptors (Lipinski definition) is 6. The predicted molar refractivity (Wildman–Crippen MR) is 100 cm³/mol. The van der Waals surface area contributed by atoms with Crippen molar-refractivity contribution in [3.8, 4) is 10.7 Å². The van der Waals surface area contributed by atoms with E-state index in [2.05, 4.69) is 15.5 Å². The fourth-order valence-electron chi connectivity index (χ4n) is 2.04. The Labute approximate surface area is 155 Å². The quantitative estimate of drug-likeness (QED) is 0.649. The second-order valence-corrected chi connectivity index (χ2v) is 8.12. The number of aromatic nitrogens is 3. The largest absolute Gasteiger partial charge is 0.370 e. The lowest BCUT2D eigenvalue weighted by Gasteiger charge is -2.24. The normalized spacial score (nSPS) is 11.5. The number of nitrogens with one attached hydrogen (secondary N) is 1. The lowest BCUT2D eigenvalue weighted by atomic mass is 10.0. The number of thioether (sulfide) groups is 1. The summed E-state index contributed by atoms with van der Waals surface area (Å²) in [7, 11) is 0. The molecule has 0 atom stereocenters. The Morgan fingerprint density at radius 2 is 2.16 bits per heavy atom. The van der Waals surface area contributed by atoms with E-state index >= 15 is 0 Å². The summed E-state index contributed by atoms with van der Waals surface area (Å²) >= 11 is 2.85. The first-order valence-electron chi connectivity index (χ1n) is 8.01. The molecule has 0 fully saturated rings. The molecule has 0 radical (unpaired) electrons. The van der Waals surface area contributed by atoms with Gasteiger partial charge in [0.05, 0.1) is 10.6 Å². The molecule has 2 aromatic heterocycles. The van der Waals surface area contributed by atoms with Crippen LogP contribution in [-0.4, -0.2) is 37.9 Å². The molecule has 136 valence electrons. The molecule has 3 N–H and O–H groups in total. The zero-order chi connectivity index (χ0) is 18.4. The maximum absolute atomic E-state index is 12.1. The molecule has 0 aliphatic rings. The number of thiophene rings is 1. The van der Waals surface area contributed by atoms with Gasteiger partial charge in [0, 0.05) is 18.5 Å². The van der Waals surface area contributed by atoms with Crippen LogP contribution in [0.4, 0.5) is 0 Å². The Morgan fingerprint density at radius 3 is 2.76 bits per heavy atom. The van der Waals surface area contributed by atoms with Crippen LogP contribution in [0, 0.1) is 0 Å². The smallest absolute Gasteiger partial charge is 0.230 e. The third-order valence-corrected chi connectivity index (χ3v) is 5.57. The maximum atomic E-state index is 12.1. The van der Waals surface area contributed by atoms with E-state index in [4.69, 9.17) is 5.73 Å². The van der Waals surface area contributed by atoms with E-state index in [9.17, 15) is 9.59 Å². The minimum atomic E-state index is -0.385. The Balaban J connectivity index is 2.11. The van der Waals surface area contributed by atoms with Crippen LogP contribution in [0.15, 0.2) is 22.7 Å². The number of nitrogens with two attached hydrogens (primary N) is 1. The van der Waals surface area contributed by atoms with Crippen LogP contribution >= 0.6 is 23.1 Å². The molecular formula is C16H23N5O2S2. The van der Waals surface area contributed by atoms with Crippen LogP contribution in [0.2, 0.25) is 0 Å². The third kappa shape index (κ3) is 5.57. The molecule has 2 amide bonds. The Morgan fingerprint density at radius 1 is 1.40 bits per heavy atom. The summed E-state index contributed by atoms with van der Waals surface area (Å²) in [6.45, 7) is 6.39. The highest BCUT2D eigenvalue weighted by molar-refractivity contribution is 7.99. The van der Waals surface area contributed by atoms with Crippen LogP contribution in [0.25, 0.3) is 10.7 Å². The van der Waals surface area contributed by atoms with Gasteiger partial charge < -0.3 is 15.6 Å². The fraction of sp³-hybridized carbons (Fsp3) is 0.500. The van der Waals surface area contributed by atoms with Crippen molar-refractivity contribution in [2.75, 3.05) is 5.75 Å². The van der Waals surface area contributed by atoms with Crippen molar-refractivity contribution >= 4 is 34.9 Å². The molecule has 2 rings (SSSR count). The van der Waals surface area contributed by atoms with Gasteiger partial charge in [0.2, 0.25) is 11.8 Å². The molecule has 2 aromatic rings. The van der Waals surface area contributed by atoms with Crippen LogP contribution in [0.3, 0.4) is 0 Å². The highest BCUT2D eigenvalue weighted by Crippen LogP contribution is 2.27. The van der Waals surface area contributed by atoms with E-state index in [-0.39, 0.29) is 29.5 Å². The van der Waals surface area contributed by atoms with Crippen LogP contribution < -0.4 is 11.1 Å². The maximum Gasteiger partial charge on any atom is 0.230 e. The van der Waals surface area contributed by atoms with Crippen molar-refractivity contribution in [3.05, 3.63) is 17.5 Å². The lowest BCUT2D eigenvalue weighted by Crippen LogP contribution is -2.43. The number of primary amides is 1. The molecule has 0 saturated heterocycles. The van der Waals surface area contributed by atoms with Gasteiger partial charge in [-0.15, -0.1) is 21.5 Å². The second-order valence-electron chi connectivity index (χ2n) is 6.23. The molecule has 9 heteroatoms. The SMILES string of the molecule is CCC(C)(C)NC(=O)CSc1nnc(-c2cccs2)n1CCC(N)=O. The topological polar surface area (TPSA) is 103 Å². The Kier molecular flexibility index (Phi) is 6.60. The van der Waals surface area contributed by atoms with Crippen molar-refractivity contribution in [1.29, 1.82) is 0 Å². The van der Waals surface area contributed by atoms with E-state index in [1.165, 1.54) is 11.8 Å². The summed E-state index contributed by atoms with van der Waals surface area (Å²) in [6.07, 6.45) is 1.04. The van der Waals surface area contributed by atoms with Gasteiger partial charge in [-0.1, -0.05) is 24.8 Å². The molecule has 0 aliphatic heterocycles. The first-order chi connectivity index (χ1) is 11.8. The van der Waals surface area contributed by atoms with Crippen molar-refractivity contribution in [2.24, 2.45) is 5.73 Å². The average Bonchev–Trinajstić information content (AvgIpc) is 3.19. The summed E-state index contributed by atoms with van der Waals surface area (Å²) < 4.78 is 1.85. The number of hydrogen-bond donors (Lipinski definition) is 2. The molecule has 0 aromatic carbocycles. The lowest BCUT2D eigenvalue weighted by molar-refractivity contribution is -0.120. The number of nitrogens with zero attached hydrogens (tertiary/aromatic N) is 3. The third-order valence-electron chi connectivity index (χ3n) is 3.73. The summed E-state index contributed by atoms with van der Waals surface area (Å²) in [4.78, 5) is 24.3. The molecule has 0 aliphatic carbocycles. The minimum absolute atomic E-state index is 0.0565. The van der Waals surface area contributed by atoms with Gasteiger partial charge in [0.15, 0.2) is 11.0 Å². The molecule has 0 bridgehead atoms. The van der Waals surface area contributed by atoms with Gasteiger partial charge in [0.25, 0.3) is 0 Å². The summed E-state index contributed by atoms with van der Waals surface area (Å²) in [5, 5.41) is 14.0. The van der Waals surface area contributed by atoms with E-state index in [1.54, 1.807) is 11.3 Å². The fourth-order valence-corrected chi connectivity index (χ4v) is 3.52. The van der Waals surface area contributed by atoms with Gasteiger partial charge >= 0.3 is 0 Å². The molecule has 7 nitrogen and oxygen atoms in total. The van der Waals surface area contributed by atoms with Gasteiger partial charge in [0.1, 0.15) is 0 Å². The zero-order valence-corrected chi connectivity index (χ0v) is 16.2. The van der Waals surface area contributed by atoms with Gasteiger partial charge in [-0.2, -0.15) is 0 Å². The van der Waals surface area contributed by atoms with E-state index in [0.717, 1.165) is 11.3 Å². The van der Waals surface area contributed by atoms with Crippen LogP contribution in [0.1, 0.15) is 33.6 Å². The highest BCUT2D eigenvalue weighted by atomic mass is 32.2. The van der Waals surface area contributed by atoms with Crippen LogP contribution in [-0.2, 0) is 16.1 Å². The molecule has 25 heavy (non-hydrogen) atoms. The molecule has 0 saturated carbocycles. The zero-order valence-electron chi connectivity index (χ0n) is 14.6. The highest BCUT2D eigenvalue weighted by Gasteiger charge is 2.20. The van der Waals surface area contributed by atoms with Crippen molar-refractivity contribution in [3.63, 3.8) is 0 Å². The first kappa shape index (κ1) is 19.5. The first-order valence-corrected chi connectivity index (χ1v) is 9.88. The van der Waals surface area contributed by atoms with Crippen molar-refractivity contribution < 1.29 is 9.59 Å². The monoisotopic (exact) mass is 381 g/mol. The standard InChI is InChI=1S/C16H23N5O2S2/c1-4-16(2,3)18-13(23)10-25-15-20-19-14(11-6-5-9-24-11)21(15)8-7-12(17)22/h5-6,9H,4,7-8,10H2,1-3H3,(H2,17,22)(H,18,23). The second kappa shape index (κ2) is 8.48. The van der Waals surface area contributed by atoms with Crippen LogP contribution in [0.5, 0.6) is 0 Å². The van der Waals surface area contributed by atoms with Crippen molar-refractivity contribution in [1.82, 2.24) is 20.1 Å². The molecule has 0 unspecified atom stereocenters. The minimum Gasteiger partial charge on any atom is -0.370 e. The van der Waals surface area contributed by atoms with E-state index in [0.29, 0.717) is 17.5 Å². The number of carbonyl (C=O) groups excluding carboxylic acids is 2. The summed E-state index contributed by atoms with van der Waals surface area (Å²) in [5.41, 5.74) is 5.04. The predicted octanol–water partition coefficient (Wildman–Crippen LogP) is 2.28. The Hall–Kier alpha value is -1.87. The molecular weight excluding hydrogens is 358 g/mol. The van der Waals surface area contributed by atoms with Gasteiger partial charge in [-0.3, -0.25) is 9.59 Å². The number of amides is 2. The Bertz CT molecular complexity index is 725. The van der Waals surface area contributed by atoms with Gasteiger partial charge in [-0.25, -0.2) is 0 Å². The molecule has 0 spiro atoms.